The molecule has 1 aromatic carbocycles. The molecule has 2 aliphatic rings. The van der Waals surface area contributed by atoms with Crippen molar-refractivity contribution in [2.24, 2.45) is 5.92 Å². The number of likely N-dealkylation sites (tertiary alicyclic amines) is 1. The topological polar surface area (TPSA) is 80.2 Å². The molecule has 2 saturated heterocycles. The quantitative estimate of drug-likeness (QED) is 0.737. The molecule has 0 spiro atoms. The fourth-order valence-electron chi connectivity index (χ4n) is 4.18. The van der Waals surface area contributed by atoms with Crippen molar-refractivity contribution in [2.75, 3.05) is 45.2 Å². The molecule has 2 N–H and O–H groups in total. The van der Waals surface area contributed by atoms with Gasteiger partial charge in [-0.1, -0.05) is 13.3 Å². The Balaban J connectivity index is 1.74. The molecular weight excluding hydrogens is 378 g/mol. The minimum Gasteiger partial charge on any atom is -0.495 e. The average Bonchev–Trinajstić information content (AvgIpc) is 2.68. The SMILES string of the molecule is COc1ccc(S(=O)(=O)N2CCCCC2)cc1NC(=O)C[NH+]1CCC[C@H](C)C1. The van der Waals surface area contributed by atoms with Gasteiger partial charge in [0, 0.05) is 19.0 Å². The number of hydrogen-bond acceptors (Lipinski definition) is 4. The minimum atomic E-state index is -3.56. The summed E-state index contributed by atoms with van der Waals surface area (Å²) < 4.78 is 32.8. The smallest absolute Gasteiger partial charge is 0.279 e. The van der Waals surface area contributed by atoms with Crippen LogP contribution in [0.4, 0.5) is 5.69 Å². The number of amides is 1. The molecule has 0 radical (unpaired) electrons. The van der Waals surface area contributed by atoms with Gasteiger partial charge >= 0.3 is 0 Å². The number of quaternary nitrogens is 1. The van der Waals surface area contributed by atoms with Crippen LogP contribution in [0.5, 0.6) is 5.75 Å². The molecule has 1 unspecified atom stereocenters. The summed E-state index contributed by atoms with van der Waals surface area (Å²) in [5.74, 6) is 0.979. The molecule has 8 heteroatoms. The number of piperidine rings is 2. The summed E-state index contributed by atoms with van der Waals surface area (Å²) in [4.78, 5) is 14.0. The van der Waals surface area contributed by atoms with E-state index < -0.39 is 10.0 Å². The highest BCUT2D eigenvalue weighted by Crippen LogP contribution is 2.29. The maximum Gasteiger partial charge on any atom is 0.279 e. The number of sulfonamides is 1. The first kappa shape index (κ1) is 21.1. The van der Waals surface area contributed by atoms with Crippen molar-refractivity contribution in [3.05, 3.63) is 18.2 Å². The Morgan fingerprint density at radius 3 is 2.68 bits per heavy atom. The zero-order valence-electron chi connectivity index (χ0n) is 16.9. The number of rotatable bonds is 6. The van der Waals surface area contributed by atoms with Gasteiger partial charge in [0.2, 0.25) is 10.0 Å². The maximum atomic E-state index is 12.9. The van der Waals surface area contributed by atoms with Crippen molar-refractivity contribution in [1.82, 2.24) is 4.31 Å². The molecule has 2 aliphatic heterocycles. The molecule has 0 aliphatic carbocycles. The average molecular weight is 411 g/mol. The molecule has 7 nitrogen and oxygen atoms in total. The van der Waals surface area contributed by atoms with Gasteiger partial charge in [0.15, 0.2) is 6.54 Å². The predicted molar refractivity (Wildman–Crippen MR) is 108 cm³/mol. The summed E-state index contributed by atoms with van der Waals surface area (Å²) in [6.45, 7) is 5.69. The summed E-state index contributed by atoms with van der Waals surface area (Å²) in [5, 5.41) is 2.87. The molecule has 156 valence electrons. The van der Waals surface area contributed by atoms with Crippen molar-refractivity contribution >= 4 is 21.6 Å². The second-order valence-corrected chi connectivity index (χ2v) is 9.94. The van der Waals surface area contributed by atoms with Gasteiger partial charge in [-0.05, 0) is 43.9 Å². The number of ether oxygens (including phenoxy) is 1. The Morgan fingerprint density at radius 1 is 1.25 bits per heavy atom. The molecule has 2 fully saturated rings. The number of nitrogens with one attached hydrogen (secondary N) is 2. The first-order valence-electron chi connectivity index (χ1n) is 10.2. The van der Waals surface area contributed by atoms with Crippen LogP contribution < -0.4 is 15.0 Å². The van der Waals surface area contributed by atoms with Gasteiger partial charge in [0.05, 0.1) is 30.8 Å². The Kier molecular flexibility index (Phi) is 6.95. The standard InChI is InChI=1S/C20H31N3O4S/c1-16-7-6-10-22(14-16)15-20(24)21-18-13-17(8-9-19(18)27-2)28(25,26)23-11-4-3-5-12-23/h8-9,13,16H,3-7,10-12,14-15H2,1-2H3,(H,21,24)/p+1/t16-/m0/s1. The number of carbonyl (C=O) groups excluding carboxylic acids is 1. The normalized spacial score (nSPS) is 23.9. The lowest BCUT2D eigenvalue weighted by Crippen LogP contribution is -3.14. The minimum absolute atomic E-state index is 0.116. The first-order valence-corrected chi connectivity index (χ1v) is 11.7. The maximum absolute atomic E-state index is 12.9. The Labute approximate surface area is 168 Å². The van der Waals surface area contributed by atoms with E-state index in [2.05, 4.69) is 12.2 Å². The molecule has 1 aromatic rings. The van der Waals surface area contributed by atoms with Gasteiger partial charge in [0.1, 0.15) is 5.75 Å². The monoisotopic (exact) mass is 410 g/mol. The number of nitrogens with zero attached hydrogens (tertiary/aromatic N) is 1. The Morgan fingerprint density at radius 2 is 2.00 bits per heavy atom. The van der Waals surface area contributed by atoms with Crippen molar-refractivity contribution in [3.8, 4) is 5.75 Å². The molecule has 1 amide bonds. The largest absolute Gasteiger partial charge is 0.495 e. The third kappa shape index (κ3) is 5.04. The third-order valence-electron chi connectivity index (χ3n) is 5.67. The van der Waals surface area contributed by atoms with Gasteiger partial charge < -0.3 is 15.0 Å². The van der Waals surface area contributed by atoms with E-state index in [1.165, 1.54) is 28.8 Å². The number of carbonyl (C=O) groups is 1. The molecular formula is C20H32N3O4S+. The van der Waals surface area contributed by atoms with E-state index in [0.717, 1.165) is 38.8 Å². The first-order chi connectivity index (χ1) is 13.4. The van der Waals surface area contributed by atoms with E-state index in [-0.39, 0.29) is 10.8 Å². The highest BCUT2D eigenvalue weighted by molar-refractivity contribution is 7.89. The van der Waals surface area contributed by atoms with Crippen LogP contribution in [0.15, 0.2) is 23.1 Å². The third-order valence-corrected chi connectivity index (χ3v) is 7.57. The van der Waals surface area contributed by atoms with Gasteiger partial charge in [-0.2, -0.15) is 4.31 Å². The molecule has 3 rings (SSSR count). The van der Waals surface area contributed by atoms with E-state index in [4.69, 9.17) is 4.74 Å². The van der Waals surface area contributed by atoms with Crippen LogP contribution in [-0.4, -0.2) is 58.5 Å². The van der Waals surface area contributed by atoms with Gasteiger partial charge in [0.25, 0.3) is 5.91 Å². The molecule has 28 heavy (non-hydrogen) atoms. The van der Waals surface area contributed by atoms with Crippen LogP contribution in [0, 0.1) is 5.92 Å². The van der Waals surface area contributed by atoms with Crippen LogP contribution >= 0.6 is 0 Å². The Hall–Kier alpha value is -1.64. The van der Waals surface area contributed by atoms with E-state index in [9.17, 15) is 13.2 Å². The number of anilines is 1. The van der Waals surface area contributed by atoms with E-state index >= 15 is 0 Å². The van der Waals surface area contributed by atoms with E-state index in [1.807, 2.05) is 0 Å². The van der Waals surface area contributed by atoms with Gasteiger partial charge in [-0.15, -0.1) is 0 Å². The fraction of sp³-hybridized carbons (Fsp3) is 0.650. The zero-order chi connectivity index (χ0) is 20.1. The summed E-state index contributed by atoms with van der Waals surface area (Å²) in [6, 6.07) is 4.69. The van der Waals surface area contributed by atoms with Crippen LogP contribution in [-0.2, 0) is 14.8 Å². The summed E-state index contributed by atoms with van der Waals surface area (Å²) >= 11 is 0. The lowest BCUT2D eigenvalue weighted by Gasteiger charge is -2.27. The summed E-state index contributed by atoms with van der Waals surface area (Å²) in [5.41, 5.74) is 0.412. The Bertz CT molecular complexity index is 791. The van der Waals surface area contributed by atoms with Gasteiger partial charge in [-0.3, -0.25) is 4.79 Å². The molecule has 0 aromatic heterocycles. The highest BCUT2D eigenvalue weighted by atomic mass is 32.2. The predicted octanol–water partition coefficient (Wildman–Crippen LogP) is 1.12. The van der Waals surface area contributed by atoms with Crippen LogP contribution in [0.3, 0.4) is 0 Å². The number of hydrogen-bond donors (Lipinski definition) is 2. The van der Waals surface area contributed by atoms with Crippen LogP contribution in [0.25, 0.3) is 0 Å². The van der Waals surface area contributed by atoms with Crippen molar-refractivity contribution in [3.63, 3.8) is 0 Å². The highest BCUT2D eigenvalue weighted by Gasteiger charge is 2.27. The second kappa shape index (κ2) is 9.24. The molecule has 0 saturated carbocycles. The van der Waals surface area contributed by atoms with Gasteiger partial charge in [-0.25, -0.2) is 8.42 Å². The lowest BCUT2D eigenvalue weighted by molar-refractivity contribution is -0.900. The number of methoxy groups -OCH3 is 1. The van der Waals surface area contributed by atoms with E-state index in [1.54, 1.807) is 12.1 Å². The second-order valence-electron chi connectivity index (χ2n) is 8.00. The molecule has 2 heterocycles. The fourth-order valence-corrected chi connectivity index (χ4v) is 5.72. The van der Waals surface area contributed by atoms with Crippen LogP contribution in [0.2, 0.25) is 0 Å². The van der Waals surface area contributed by atoms with Crippen molar-refractivity contribution in [2.45, 2.75) is 43.9 Å². The summed E-state index contributed by atoms with van der Waals surface area (Å²) in [7, 11) is -2.04. The molecule has 0 bridgehead atoms. The zero-order valence-corrected chi connectivity index (χ0v) is 17.7. The van der Waals surface area contributed by atoms with E-state index in [0.29, 0.717) is 37.0 Å². The molecule has 2 atom stereocenters. The number of benzene rings is 1. The summed E-state index contributed by atoms with van der Waals surface area (Å²) in [6.07, 6.45) is 5.19. The van der Waals surface area contributed by atoms with Crippen molar-refractivity contribution in [1.29, 1.82) is 0 Å². The van der Waals surface area contributed by atoms with Crippen LogP contribution in [0.1, 0.15) is 39.0 Å². The van der Waals surface area contributed by atoms with Crippen molar-refractivity contribution < 1.29 is 22.8 Å². The lowest BCUT2D eigenvalue weighted by atomic mass is 10.0.